The zero-order chi connectivity index (χ0) is 12.7. The highest BCUT2D eigenvalue weighted by atomic mass is 16.1. The molecule has 17 heavy (non-hydrogen) atoms. The summed E-state index contributed by atoms with van der Waals surface area (Å²) in [5.41, 5.74) is 5.49. The fraction of sp³-hybridized carbons (Fsp3) is 0.923. The monoisotopic (exact) mass is 241 g/mol. The van der Waals surface area contributed by atoms with E-state index in [1.165, 1.54) is 6.42 Å². The Balaban J connectivity index is 2.15. The highest BCUT2D eigenvalue weighted by Gasteiger charge is 2.18. The fourth-order valence-electron chi connectivity index (χ4n) is 2.39. The summed E-state index contributed by atoms with van der Waals surface area (Å²) in [6, 6.07) is 0.353. The number of nitrogens with zero attached hydrogens (tertiary/aromatic N) is 1. The zero-order valence-corrected chi connectivity index (χ0v) is 11.2. The average Bonchev–Trinajstić information content (AvgIpc) is 2.27. The highest BCUT2D eigenvalue weighted by Crippen LogP contribution is 2.11. The van der Waals surface area contributed by atoms with Crippen LogP contribution < -0.4 is 11.1 Å². The summed E-state index contributed by atoms with van der Waals surface area (Å²) in [6.45, 7) is 5.02. The van der Waals surface area contributed by atoms with Crippen molar-refractivity contribution in [1.29, 1.82) is 0 Å². The van der Waals surface area contributed by atoms with Crippen LogP contribution in [0.3, 0.4) is 0 Å². The molecule has 3 N–H and O–H groups in total. The van der Waals surface area contributed by atoms with Crippen molar-refractivity contribution in [2.75, 3.05) is 26.7 Å². The number of carbonyl (C=O) groups excluding carboxylic acids is 1. The molecule has 1 aliphatic rings. The van der Waals surface area contributed by atoms with E-state index in [9.17, 15) is 4.79 Å². The maximum absolute atomic E-state index is 11.8. The molecule has 1 amide bonds. The van der Waals surface area contributed by atoms with E-state index < -0.39 is 0 Å². The van der Waals surface area contributed by atoms with Crippen molar-refractivity contribution in [3.63, 3.8) is 0 Å². The van der Waals surface area contributed by atoms with Crippen LogP contribution in [0.4, 0.5) is 0 Å². The number of nitrogens with one attached hydrogen (secondary N) is 1. The van der Waals surface area contributed by atoms with Crippen LogP contribution >= 0.6 is 0 Å². The second-order valence-electron chi connectivity index (χ2n) is 5.39. The molecule has 100 valence electrons. The molecule has 2 unspecified atom stereocenters. The minimum atomic E-state index is 0.203. The van der Waals surface area contributed by atoms with Crippen molar-refractivity contribution in [1.82, 2.24) is 10.2 Å². The molecule has 0 spiro atoms. The van der Waals surface area contributed by atoms with Crippen molar-refractivity contribution in [3.8, 4) is 0 Å². The minimum absolute atomic E-state index is 0.203. The van der Waals surface area contributed by atoms with Crippen molar-refractivity contribution >= 4 is 5.91 Å². The average molecular weight is 241 g/mol. The van der Waals surface area contributed by atoms with E-state index in [1.54, 1.807) is 0 Å². The Morgan fingerprint density at radius 2 is 2.29 bits per heavy atom. The van der Waals surface area contributed by atoms with E-state index in [4.69, 9.17) is 5.73 Å². The maximum Gasteiger partial charge on any atom is 0.220 e. The lowest BCUT2D eigenvalue weighted by molar-refractivity contribution is -0.122. The molecule has 0 bridgehead atoms. The van der Waals surface area contributed by atoms with Gasteiger partial charge in [-0.3, -0.25) is 4.79 Å². The second kappa shape index (κ2) is 7.67. The third-order valence-corrected chi connectivity index (χ3v) is 3.51. The molecule has 0 saturated carbocycles. The van der Waals surface area contributed by atoms with E-state index in [-0.39, 0.29) is 5.91 Å². The molecule has 1 aliphatic heterocycles. The number of likely N-dealkylation sites (tertiary alicyclic amines) is 1. The highest BCUT2D eigenvalue weighted by molar-refractivity contribution is 5.76. The normalized spacial score (nSPS) is 23.4. The van der Waals surface area contributed by atoms with Gasteiger partial charge >= 0.3 is 0 Å². The number of hydrogen-bond donors (Lipinski definition) is 2. The lowest BCUT2D eigenvalue weighted by Gasteiger charge is -2.30. The first-order valence-corrected chi connectivity index (χ1v) is 6.79. The summed E-state index contributed by atoms with van der Waals surface area (Å²) in [7, 11) is 2.11. The van der Waals surface area contributed by atoms with Gasteiger partial charge in [0.15, 0.2) is 0 Å². The molecule has 0 aromatic rings. The third-order valence-electron chi connectivity index (χ3n) is 3.51. The van der Waals surface area contributed by atoms with Gasteiger partial charge in [0, 0.05) is 19.0 Å². The van der Waals surface area contributed by atoms with Crippen LogP contribution in [0, 0.1) is 5.92 Å². The van der Waals surface area contributed by atoms with Gasteiger partial charge in [-0.2, -0.15) is 0 Å². The Morgan fingerprint density at radius 1 is 1.53 bits per heavy atom. The van der Waals surface area contributed by atoms with Crippen LogP contribution in [0.25, 0.3) is 0 Å². The van der Waals surface area contributed by atoms with E-state index in [0.29, 0.717) is 18.4 Å². The smallest absolute Gasteiger partial charge is 0.220 e. The van der Waals surface area contributed by atoms with Crippen LogP contribution in [0.1, 0.15) is 39.0 Å². The predicted molar refractivity (Wildman–Crippen MR) is 70.7 cm³/mol. The van der Waals surface area contributed by atoms with Crippen LogP contribution in [0.5, 0.6) is 0 Å². The second-order valence-corrected chi connectivity index (χ2v) is 5.39. The van der Waals surface area contributed by atoms with Gasteiger partial charge in [0.2, 0.25) is 5.91 Å². The van der Waals surface area contributed by atoms with Gasteiger partial charge in [0.05, 0.1) is 0 Å². The molecule has 0 aliphatic carbocycles. The molecule has 4 heteroatoms. The Bertz CT molecular complexity index is 233. The standard InChI is InChI=1S/C13H27N3O/c1-11(7-8-14)5-6-13(17)15-12-4-3-9-16(2)10-12/h11-12H,3-10,14H2,1-2H3,(H,15,17). The van der Waals surface area contributed by atoms with E-state index in [1.807, 2.05) is 0 Å². The fourth-order valence-corrected chi connectivity index (χ4v) is 2.39. The number of hydrogen-bond acceptors (Lipinski definition) is 3. The van der Waals surface area contributed by atoms with Gasteiger partial charge in [-0.25, -0.2) is 0 Å². The number of likely N-dealkylation sites (N-methyl/N-ethyl adjacent to an activating group) is 1. The van der Waals surface area contributed by atoms with Gasteiger partial charge in [-0.05, 0) is 51.7 Å². The Labute approximate surface area is 105 Å². The number of rotatable bonds is 6. The van der Waals surface area contributed by atoms with Crippen LogP contribution in [-0.2, 0) is 4.79 Å². The number of nitrogens with two attached hydrogens (primary N) is 1. The zero-order valence-electron chi connectivity index (χ0n) is 11.2. The number of carbonyl (C=O) groups is 1. The topological polar surface area (TPSA) is 58.4 Å². The van der Waals surface area contributed by atoms with E-state index in [2.05, 4.69) is 24.2 Å². The molecule has 0 radical (unpaired) electrons. The first kappa shape index (κ1) is 14.5. The Hall–Kier alpha value is -0.610. The van der Waals surface area contributed by atoms with Gasteiger partial charge in [0.25, 0.3) is 0 Å². The molecular weight excluding hydrogens is 214 g/mol. The van der Waals surface area contributed by atoms with Crippen LogP contribution in [-0.4, -0.2) is 43.5 Å². The molecule has 2 atom stereocenters. The van der Waals surface area contributed by atoms with Gasteiger partial charge in [-0.1, -0.05) is 6.92 Å². The lowest BCUT2D eigenvalue weighted by Crippen LogP contribution is -2.46. The number of piperidine rings is 1. The first-order valence-electron chi connectivity index (χ1n) is 6.79. The van der Waals surface area contributed by atoms with Gasteiger partial charge in [0.1, 0.15) is 0 Å². The summed E-state index contributed by atoms with van der Waals surface area (Å²) in [5.74, 6) is 0.758. The molecule has 1 fully saturated rings. The molecule has 1 rings (SSSR count). The Kier molecular flexibility index (Phi) is 6.52. The summed E-state index contributed by atoms with van der Waals surface area (Å²) < 4.78 is 0. The molecule has 0 aromatic carbocycles. The van der Waals surface area contributed by atoms with Crippen LogP contribution in [0.15, 0.2) is 0 Å². The molecular formula is C13H27N3O. The molecule has 1 saturated heterocycles. The third kappa shape index (κ3) is 6.03. The summed E-state index contributed by atoms with van der Waals surface area (Å²) >= 11 is 0. The summed E-state index contributed by atoms with van der Waals surface area (Å²) in [4.78, 5) is 14.0. The minimum Gasteiger partial charge on any atom is -0.352 e. The van der Waals surface area contributed by atoms with Crippen molar-refractivity contribution in [2.45, 2.75) is 45.1 Å². The predicted octanol–water partition coefficient (Wildman–Crippen LogP) is 0.962. The summed E-state index contributed by atoms with van der Waals surface area (Å²) in [6.07, 6.45) is 4.91. The van der Waals surface area contributed by atoms with E-state index in [0.717, 1.165) is 38.9 Å². The Morgan fingerprint density at radius 3 is 2.94 bits per heavy atom. The lowest BCUT2D eigenvalue weighted by atomic mass is 10.0. The van der Waals surface area contributed by atoms with Gasteiger partial charge in [-0.15, -0.1) is 0 Å². The number of amides is 1. The van der Waals surface area contributed by atoms with Crippen molar-refractivity contribution in [3.05, 3.63) is 0 Å². The SMILES string of the molecule is CC(CCN)CCC(=O)NC1CCCN(C)C1. The van der Waals surface area contributed by atoms with Crippen LogP contribution in [0.2, 0.25) is 0 Å². The maximum atomic E-state index is 11.8. The van der Waals surface area contributed by atoms with E-state index >= 15 is 0 Å². The molecule has 1 heterocycles. The molecule has 0 aromatic heterocycles. The first-order chi connectivity index (χ1) is 8.11. The summed E-state index contributed by atoms with van der Waals surface area (Å²) in [5, 5.41) is 3.13. The quantitative estimate of drug-likeness (QED) is 0.728. The van der Waals surface area contributed by atoms with Gasteiger partial charge < -0.3 is 16.0 Å². The molecule has 4 nitrogen and oxygen atoms in total. The van der Waals surface area contributed by atoms with Crippen molar-refractivity contribution < 1.29 is 4.79 Å². The van der Waals surface area contributed by atoms with Crippen molar-refractivity contribution in [2.24, 2.45) is 11.7 Å². The largest absolute Gasteiger partial charge is 0.352 e.